The predicted octanol–water partition coefficient (Wildman–Crippen LogP) is -0.262. The fourth-order valence-electron chi connectivity index (χ4n) is 2.86. The Labute approximate surface area is 98.6 Å². The van der Waals surface area contributed by atoms with Crippen LogP contribution >= 0.6 is 0 Å². The second-order valence-electron chi connectivity index (χ2n) is 4.94. The molecule has 0 spiro atoms. The van der Waals surface area contributed by atoms with Crippen LogP contribution in [0.1, 0.15) is 19.3 Å². The largest absolute Gasteiger partial charge is 0.395 e. The summed E-state index contributed by atoms with van der Waals surface area (Å²) in [4.78, 5) is 5.02. The molecule has 2 fully saturated rings. The first kappa shape index (κ1) is 12.3. The van der Waals surface area contributed by atoms with Crippen molar-refractivity contribution in [2.45, 2.75) is 25.3 Å². The molecule has 2 heterocycles. The second kappa shape index (κ2) is 6.55. The van der Waals surface area contributed by atoms with E-state index in [4.69, 9.17) is 5.11 Å². The molecule has 4 nitrogen and oxygen atoms in total. The van der Waals surface area contributed by atoms with Gasteiger partial charge in [0.05, 0.1) is 6.61 Å². The quantitative estimate of drug-likeness (QED) is 0.697. The molecule has 2 rings (SSSR count). The topological polar surface area (TPSA) is 38.7 Å². The van der Waals surface area contributed by atoms with Crippen molar-refractivity contribution < 1.29 is 5.11 Å². The highest BCUT2D eigenvalue weighted by atomic mass is 16.3. The van der Waals surface area contributed by atoms with Gasteiger partial charge in [-0.1, -0.05) is 0 Å². The highest BCUT2D eigenvalue weighted by Gasteiger charge is 2.23. The number of aliphatic hydroxyl groups is 1. The van der Waals surface area contributed by atoms with Crippen LogP contribution < -0.4 is 5.32 Å². The van der Waals surface area contributed by atoms with E-state index in [-0.39, 0.29) is 0 Å². The Bertz CT molecular complexity index is 185. The van der Waals surface area contributed by atoms with Gasteiger partial charge in [-0.3, -0.25) is 9.80 Å². The van der Waals surface area contributed by atoms with Gasteiger partial charge in [0.25, 0.3) is 0 Å². The molecule has 2 saturated heterocycles. The van der Waals surface area contributed by atoms with Crippen LogP contribution in [-0.4, -0.2) is 73.4 Å². The Hall–Kier alpha value is -0.160. The molecular weight excluding hydrogens is 202 g/mol. The molecular formula is C12H25N3O. The van der Waals surface area contributed by atoms with Crippen molar-refractivity contribution in [2.24, 2.45) is 0 Å². The van der Waals surface area contributed by atoms with Crippen LogP contribution in [0.25, 0.3) is 0 Å². The molecule has 1 atom stereocenters. The SMILES string of the molecule is OCCN1CCN(C2CCCNCC2)CC1. The number of rotatable bonds is 3. The lowest BCUT2D eigenvalue weighted by atomic mass is 10.1. The third-order valence-electron chi connectivity index (χ3n) is 3.88. The van der Waals surface area contributed by atoms with Gasteiger partial charge in [-0.2, -0.15) is 0 Å². The van der Waals surface area contributed by atoms with Gasteiger partial charge in [0.2, 0.25) is 0 Å². The lowest BCUT2D eigenvalue weighted by molar-refractivity contribution is 0.0792. The summed E-state index contributed by atoms with van der Waals surface area (Å²) in [5.74, 6) is 0. The molecule has 94 valence electrons. The van der Waals surface area contributed by atoms with Gasteiger partial charge in [0, 0.05) is 38.8 Å². The molecule has 0 aliphatic carbocycles. The highest BCUT2D eigenvalue weighted by Crippen LogP contribution is 2.15. The van der Waals surface area contributed by atoms with Crippen LogP contribution in [0.2, 0.25) is 0 Å². The van der Waals surface area contributed by atoms with Crippen LogP contribution in [0.15, 0.2) is 0 Å². The predicted molar refractivity (Wildman–Crippen MR) is 65.6 cm³/mol. The van der Waals surface area contributed by atoms with Crippen LogP contribution in [0.4, 0.5) is 0 Å². The van der Waals surface area contributed by atoms with Gasteiger partial charge in [0.1, 0.15) is 0 Å². The summed E-state index contributed by atoms with van der Waals surface area (Å²) in [5, 5.41) is 12.4. The smallest absolute Gasteiger partial charge is 0.0558 e. The normalized spacial score (nSPS) is 30.2. The van der Waals surface area contributed by atoms with E-state index in [0.29, 0.717) is 6.61 Å². The lowest BCUT2D eigenvalue weighted by Gasteiger charge is -2.38. The van der Waals surface area contributed by atoms with Crippen LogP contribution in [0.5, 0.6) is 0 Å². The third-order valence-corrected chi connectivity index (χ3v) is 3.88. The minimum atomic E-state index is 0.299. The maximum absolute atomic E-state index is 8.91. The average Bonchev–Trinajstić information content (AvgIpc) is 2.59. The second-order valence-corrected chi connectivity index (χ2v) is 4.94. The van der Waals surface area contributed by atoms with E-state index in [1.807, 2.05) is 0 Å². The Morgan fingerprint density at radius 1 is 1.06 bits per heavy atom. The summed E-state index contributed by atoms with van der Waals surface area (Å²) in [6, 6.07) is 0.797. The van der Waals surface area contributed by atoms with E-state index in [2.05, 4.69) is 15.1 Å². The van der Waals surface area contributed by atoms with Crippen LogP contribution in [0.3, 0.4) is 0 Å². The van der Waals surface area contributed by atoms with Crippen molar-refractivity contribution in [1.82, 2.24) is 15.1 Å². The highest BCUT2D eigenvalue weighted by molar-refractivity contribution is 4.80. The Morgan fingerprint density at radius 3 is 2.62 bits per heavy atom. The molecule has 2 N–H and O–H groups in total. The number of nitrogens with one attached hydrogen (secondary N) is 1. The Kier molecular flexibility index (Phi) is 5.03. The molecule has 0 bridgehead atoms. The number of aliphatic hydroxyl groups excluding tert-OH is 1. The number of hydrogen-bond donors (Lipinski definition) is 2. The summed E-state index contributed by atoms with van der Waals surface area (Å²) >= 11 is 0. The van der Waals surface area contributed by atoms with Gasteiger partial charge in [-0.25, -0.2) is 0 Å². The number of hydrogen-bond acceptors (Lipinski definition) is 4. The minimum absolute atomic E-state index is 0.299. The van der Waals surface area contributed by atoms with E-state index in [1.165, 1.54) is 45.4 Å². The first-order valence-corrected chi connectivity index (χ1v) is 6.68. The summed E-state index contributed by atoms with van der Waals surface area (Å²) in [7, 11) is 0. The molecule has 1 unspecified atom stereocenters. The Balaban J connectivity index is 1.74. The van der Waals surface area contributed by atoms with E-state index < -0.39 is 0 Å². The van der Waals surface area contributed by atoms with Crippen molar-refractivity contribution in [1.29, 1.82) is 0 Å². The first-order valence-electron chi connectivity index (χ1n) is 6.68. The molecule has 0 saturated carbocycles. The molecule has 0 aromatic carbocycles. The molecule has 2 aliphatic heterocycles. The zero-order valence-electron chi connectivity index (χ0n) is 10.2. The molecule has 0 aromatic rings. The van der Waals surface area contributed by atoms with E-state index in [1.54, 1.807) is 0 Å². The lowest BCUT2D eigenvalue weighted by Crippen LogP contribution is -2.51. The summed E-state index contributed by atoms with van der Waals surface area (Å²) in [6.45, 7) is 8.15. The number of piperazine rings is 1. The zero-order chi connectivity index (χ0) is 11.2. The van der Waals surface area contributed by atoms with Gasteiger partial charge in [-0.15, -0.1) is 0 Å². The standard InChI is InChI=1S/C12H25N3O/c16-11-10-14-6-8-15(9-7-14)12-2-1-4-13-5-3-12/h12-13,16H,1-11H2. The zero-order valence-corrected chi connectivity index (χ0v) is 10.2. The van der Waals surface area contributed by atoms with Crippen molar-refractivity contribution in [3.63, 3.8) is 0 Å². The number of nitrogens with zero attached hydrogens (tertiary/aromatic N) is 2. The monoisotopic (exact) mass is 227 g/mol. The third kappa shape index (κ3) is 3.42. The van der Waals surface area contributed by atoms with Crippen molar-refractivity contribution in [2.75, 3.05) is 52.4 Å². The maximum atomic E-state index is 8.91. The average molecular weight is 227 g/mol. The number of β-amino-alcohol motifs (C(OH)–C–C–N with tert-alkyl or cyclic N) is 1. The fourth-order valence-corrected chi connectivity index (χ4v) is 2.86. The van der Waals surface area contributed by atoms with Crippen LogP contribution in [0, 0.1) is 0 Å². The van der Waals surface area contributed by atoms with Crippen molar-refractivity contribution in [3.05, 3.63) is 0 Å². The van der Waals surface area contributed by atoms with Gasteiger partial charge < -0.3 is 10.4 Å². The Morgan fingerprint density at radius 2 is 1.88 bits per heavy atom. The minimum Gasteiger partial charge on any atom is -0.395 e. The molecule has 2 aliphatic rings. The van der Waals surface area contributed by atoms with Crippen molar-refractivity contribution in [3.8, 4) is 0 Å². The van der Waals surface area contributed by atoms with E-state index in [9.17, 15) is 0 Å². The summed E-state index contributed by atoms with van der Waals surface area (Å²) in [5.41, 5.74) is 0. The fraction of sp³-hybridized carbons (Fsp3) is 1.00. The summed E-state index contributed by atoms with van der Waals surface area (Å²) in [6.07, 6.45) is 3.98. The van der Waals surface area contributed by atoms with Crippen molar-refractivity contribution >= 4 is 0 Å². The molecule has 0 radical (unpaired) electrons. The maximum Gasteiger partial charge on any atom is 0.0558 e. The van der Waals surface area contributed by atoms with E-state index in [0.717, 1.165) is 25.7 Å². The first-order chi connectivity index (χ1) is 7.90. The molecule has 16 heavy (non-hydrogen) atoms. The molecule has 0 amide bonds. The molecule has 0 aromatic heterocycles. The molecule has 4 heteroatoms. The van der Waals surface area contributed by atoms with Gasteiger partial charge in [0.15, 0.2) is 0 Å². The van der Waals surface area contributed by atoms with E-state index >= 15 is 0 Å². The van der Waals surface area contributed by atoms with Gasteiger partial charge in [-0.05, 0) is 32.4 Å². The van der Waals surface area contributed by atoms with Crippen LogP contribution in [-0.2, 0) is 0 Å². The summed E-state index contributed by atoms with van der Waals surface area (Å²) < 4.78 is 0. The van der Waals surface area contributed by atoms with Gasteiger partial charge >= 0.3 is 0 Å².